The normalized spacial score (nSPS) is 14.3. The highest BCUT2D eigenvalue weighted by molar-refractivity contribution is 6.00. The second kappa shape index (κ2) is 11.2. The molecule has 0 bridgehead atoms. The first-order valence-corrected chi connectivity index (χ1v) is 12.6. The average molecular weight is 524 g/mol. The smallest absolute Gasteiger partial charge is 0.410 e. The third-order valence-corrected chi connectivity index (χ3v) is 6.88. The number of hydrogen-bond acceptors (Lipinski definition) is 5. The summed E-state index contributed by atoms with van der Waals surface area (Å²) in [5.74, 6) is -0.306. The van der Waals surface area contributed by atoms with Gasteiger partial charge >= 0.3 is 6.09 Å². The Kier molecular flexibility index (Phi) is 7.40. The van der Waals surface area contributed by atoms with Crippen molar-refractivity contribution in [2.24, 2.45) is 0 Å². The number of H-pyrrole nitrogens is 1. The molecule has 39 heavy (non-hydrogen) atoms. The second-order valence-corrected chi connectivity index (χ2v) is 9.38. The lowest BCUT2D eigenvalue weighted by Gasteiger charge is -2.24. The maximum atomic E-state index is 13.3. The molecule has 0 fully saturated rings. The van der Waals surface area contributed by atoms with Gasteiger partial charge in [0.2, 0.25) is 5.91 Å². The standard InChI is InChI=1S/C30H29N5O4/c1-21(25-17-32-26-13-7-6-12-24(25)26)33(2)27(36)14-16-35-28(37)19-34(18-23-11-8-15-31-29(23)35)30(38)39-20-22-9-4-3-5-10-22/h3-17,21,32H,18-20H2,1-2H3/b16-14+. The third-order valence-electron chi connectivity index (χ3n) is 6.88. The molecule has 0 spiro atoms. The molecule has 0 saturated heterocycles. The maximum absolute atomic E-state index is 13.3. The van der Waals surface area contributed by atoms with E-state index in [1.165, 1.54) is 22.1 Å². The van der Waals surface area contributed by atoms with Crippen molar-refractivity contribution in [1.82, 2.24) is 19.8 Å². The molecule has 2 aromatic carbocycles. The minimum absolute atomic E-state index is 0.101. The van der Waals surface area contributed by atoms with Gasteiger partial charge in [-0.1, -0.05) is 54.6 Å². The van der Waals surface area contributed by atoms with Gasteiger partial charge in [0, 0.05) is 48.2 Å². The number of fused-ring (bicyclic) bond motifs is 2. The Labute approximate surface area is 226 Å². The topological polar surface area (TPSA) is 98.8 Å². The number of ether oxygens (including phenoxy) is 1. The zero-order chi connectivity index (χ0) is 27.4. The molecule has 1 aliphatic rings. The maximum Gasteiger partial charge on any atom is 0.410 e. The first-order valence-electron chi connectivity index (χ1n) is 12.6. The average Bonchev–Trinajstić information content (AvgIpc) is 3.34. The lowest BCUT2D eigenvalue weighted by Crippen LogP contribution is -2.38. The molecule has 5 rings (SSSR count). The van der Waals surface area contributed by atoms with Crippen molar-refractivity contribution in [3.63, 3.8) is 0 Å². The van der Waals surface area contributed by atoms with Gasteiger partial charge in [-0.05, 0) is 30.2 Å². The summed E-state index contributed by atoms with van der Waals surface area (Å²) in [5, 5.41) is 1.05. The molecule has 0 radical (unpaired) electrons. The van der Waals surface area contributed by atoms with E-state index in [1.54, 1.807) is 30.3 Å². The summed E-state index contributed by atoms with van der Waals surface area (Å²) in [6.07, 6.45) is 5.66. The van der Waals surface area contributed by atoms with Gasteiger partial charge in [-0.2, -0.15) is 0 Å². The van der Waals surface area contributed by atoms with Crippen LogP contribution in [0.3, 0.4) is 0 Å². The molecule has 4 aromatic rings. The fraction of sp³-hybridized carbons (Fsp3) is 0.200. The number of rotatable bonds is 6. The molecule has 3 heterocycles. The summed E-state index contributed by atoms with van der Waals surface area (Å²) in [5.41, 5.74) is 3.51. The van der Waals surface area contributed by atoms with Crippen molar-refractivity contribution < 1.29 is 19.1 Å². The van der Waals surface area contributed by atoms with Crippen LogP contribution in [0.4, 0.5) is 10.6 Å². The largest absolute Gasteiger partial charge is 0.445 e. The number of hydrogen-bond donors (Lipinski definition) is 1. The van der Waals surface area contributed by atoms with Gasteiger partial charge in [-0.25, -0.2) is 9.78 Å². The number of aromatic amines is 1. The molecule has 1 aliphatic heterocycles. The Morgan fingerprint density at radius 2 is 1.85 bits per heavy atom. The molecule has 198 valence electrons. The SMILES string of the molecule is CC(c1c[nH]c2ccccc12)N(C)C(=O)/C=C/N1C(=O)CN(C(=O)OCc2ccccc2)Cc2cccnc21. The molecule has 9 heteroatoms. The van der Waals surface area contributed by atoms with Crippen LogP contribution in [0.2, 0.25) is 0 Å². The minimum Gasteiger partial charge on any atom is -0.445 e. The monoisotopic (exact) mass is 523 g/mol. The third kappa shape index (κ3) is 5.52. The molecule has 0 aliphatic carbocycles. The number of likely N-dealkylation sites (N-methyl/N-ethyl adjacent to an activating group) is 1. The molecule has 9 nitrogen and oxygen atoms in total. The summed E-state index contributed by atoms with van der Waals surface area (Å²) in [6, 6.07) is 20.6. The van der Waals surface area contributed by atoms with Crippen LogP contribution < -0.4 is 4.90 Å². The van der Waals surface area contributed by atoms with Crippen LogP contribution >= 0.6 is 0 Å². The van der Waals surface area contributed by atoms with Crippen molar-refractivity contribution in [3.8, 4) is 0 Å². The Morgan fingerprint density at radius 3 is 2.67 bits per heavy atom. The van der Waals surface area contributed by atoms with E-state index >= 15 is 0 Å². The second-order valence-electron chi connectivity index (χ2n) is 9.38. The fourth-order valence-corrected chi connectivity index (χ4v) is 4.58. The van der Waals surface area contributed by atoms with Crippen LogP contribution in [0.25, 0.3) is 10.9 Å². The van der Waals surface area contributed by atoms with Gasteiger partial charge in [0.15, 0.2) is 0 Å². The van der Waals surface area contributed by atoms with Crippen LogP contribution in [-0.4, -0.2) is 51.3 Å². The lowest BCUT2D eigenvalue weighted by atomic mass is 10.1. The van der Waals surface area contributed by atoms with E-state index in [9.17, 15) is 14.4 Å². The summed E-state index contributed by atoms with van der Waals surface area (Å²) in [7, 11) is 1.72. The van der Waals surface area contributed by atoms with Crippen molar-refractivity contribution in [1.29, 1.82) is 0 Å². The van der Waals surface area contributed by atoms with Crippen LogP contribution in [0.15, 0.2) is 91.4 Å². The molecular formula is C30H29N5O4. The summed E-state index contributed by atoms with van der Waals surface area (Å²) in [4.78, 5) is 51.2. The number of carbonyl (C=O) groups excluding carboxylic acids is 3. The first-order chi connectivity index (χ1) is 18.9. The summed E-state index contributed by atoms with van der Waals surface area (Å²) >= 11 is 0. The van der Waals surface area contributed by atoms with E-state index in [0.717, 1.165) is 22.0 Å². The highest BCUT2D eigenvalue weighted by Gasteiger charge is 2.30. The Balaban J connectivity index is 1.31. The predicted molar refractivity (Wildman–Crippen MR) is 147 cm³/mol. The number of nitrogens with one attached hydrogen (secondary N) is 1. The van der Waals surface area contributed by atoms with Crippen molar-refractivity contribution >= 4 is 34.6 Å². The zero-order valence-electron chi connectivity index (χ0n) is 21.8. The molecular weight excluding hydrogens is 494 g/mol. The minimum atomic E-state index is -0.601. The number of carbonyl (C=O) groups is 3. The molecule has 1 N–H and O–H groups in total. The van der Waals surface area contributed by atoms with E-state index in [-0.39, 0.29) is 31.6 Å². The number of nitrogens with zero attached hydrogens (tertiary/aromatic N) is 4. The molecule has 1 atom stereocenters. The van der Waals surface area contributed by atoms with E-state index in [1.807, 2.05) is 67.7 Å². The molecule has 0 saturated carbocycles. The number of pyridine rings is 1. The van der Waals surface area contributed by atoms with Crippen LogP contribution in [-0.2, 0) is 27.5 Å². The van der Waals surface area contributed by atoms with Gasteiger partial charge in [0.05, 0.1) is 12.6 Å². The van der Waals surface area contributed by atoms with Gasteiger partial charge < -0.3 is 14.6 Å². The quantitative estimate of drug-likeness (QED) is 0.367. The van der Waals surface area contributed by atoms with Crippen molar-refractivity contribution in [2.45, 2.75) is 26.1 Å². The lowest BCUT2D eigenvalue weighted by molar-refractivity contribution is -0.126. The summed E-state index contributed by atoms with van der Waals surface area (Å²) in [6.45, 7) is 1.99. The number of aromatic nitrogens is 2. The molecule has 2 aromatic heterocycles. The van der Waals surface area contributed by atoms with Gasteiger partial charge in [-0.15, -0.1) is 0 Å². The Hall–Kier alpha value is -4.92. The van der Waals surface area contributed by atoms with Gasteiger partial charge in [-0.3, -0.25) is 19.4 Å². The van der Waals surface area contributed by atoms with Crippen molar-refractivity contribution in [3.05, 3.63) is 108 Å². The van der Waals surface area contributed by atoms with Crippen LogP contribution in [0.1, 0.15) is 29.7 Å². The molecule has 3 amide bonds. The highest BCUT2D eigenvalue weighted by Crippen LogP contribution is 2.28. The number of para-hydroxylation sites is 1. The van der Waals surface area contributed by atoms with Gasteiger partial charge in [0.25, 0.3) is 5.91 Å². The molecule has 1 unspecified atom stereocenters. The number of amides is 3. The van der Waals surface area contributed by atoms with E-state index in [4.69, 9.17) is 4.74 Å². The van der Waals surface area contributed by atoms with Crippen LogP contribution in [0.5, 0.6) is 0 Å². The van der Waals surface area contributed by atoms with Gasteiger partial charge in [0.1, 0.15) is 19.0 Å². The Morgan fingerprint density at radius 1 is 1.08 bits per heavy atom. The predicted octanol–water partition coefficient (Wildman–Crippen LogP) is 4.78. The number of anilines is 1. The van der Waals surface area contributed by atoms with E-state index in [0.29, 0.717) is 11.4 Å². The van der Waals surface area contributed by atoms with E-state index < -0.39 is 12.0 Å². The Bertz CT molecular complexity index is 1530. The fourth-order valence-electron chi connectivity index (χ4n) is 4.58. The summed E-state index contributed by atoms with van der Waals surface area (Å²) < 4.78 is 5.46. The highest BCUT2D eigenvalue weighted by atomic mass is 16.6. The number of benzene rings is 2. The van der Waals surface area contributed by atoms with E-state index in [2.05, 4.69) is 9.97 Å². The van der Waals surface area contributed by atoms with Crippen molar-refractivity contribution in [2.75, 3.05) is 18.5 Å². The first kappa shape index (κ1) is 25.7. The zero-order valence-corrected chi connectivity index (χ0v) is 21.8. The van der Waals surface area contributed by atoms with Crippen LogP contribution in [0, 0.1) is 0 Å².